The fraction of sp³-hybridized carbons (Fsp3) is 0.615. The van der Waals surface area contributed by atoms with Gasteiger partial charge in [-0.3, -0.25) is 4.90 Å². The summed E-state index contributed by atoms with van der Waals surface area (Å²) in [6.07, 6.45) is 11.8. The maximum Gasteiger partial charge on any atom is 0.137 e. The summed E-state index contributed by atoms with van der Waals surface area (Å²) in [6, 6.07) is 3.18. The molecule has 6 nitrogen and oxygen atoms in total. The van der Waals surface area contributed by atoms with Crippen molar-refractivity contribution < 1.29 is 0 Å². The topological polar surface area (TPSA) is 60.1 Å². The third-order valence-electron chi connectivity index (χ3n) is 8.26. The Bertz CT molecular complexity index is 1070. The van der Waals surface area contributed by atoms with Gasteiger partial charge in [0, 0.05) is 66.9 Å². The van der Waals surface area contributed by atoms with Crippen LogP contribution < -0.4 is 5.32 Å². The summed E-state index contributed by atoms with van der Waals surface area (Å²) in [4.78, 5) is 18.5. The second kappa shape index (κ2) is 9.45. The fourth-order valence-electron chi connectivity index (χ4n) is 6.08. The number of aromatic amines is 1. The van der Waals surface area contributed by atoms with Crippen molar-refractivity contribution in [3.8, 4) is 11.3 Å². The second-order valence-electron chi connectivity index (χ2n) is 10.3. The Kier molecular flexibility index (Phi) is 6.22. The van der Waals surface area contributed by atoms with Gasteiger partial charge in [0.05, 0.1) is 10.7 Å². The molecule has 0 aromatic carbocycles. The first-order valence-electron chi connectivity index (χ1n) is 12.8. The summed E-state index contributed by atoms with van der Waals surface area (Å²) in [5, 5.41) is 8.24. The molecule has 2 saturated heterocycles. The van der Waals surface area contributed by atoms with Crippen LogP contribution in [-0.4, -0.2) is 77.1 Å². The number of nitrogens with zero attached hydrogens (tertiary/aromatic N) is 4. The van der Waals surface area contributed by atoms with Gasteiger partial charge in [-0.1, -0.05) is 0 Å². The lowest BCUT2D eigenvalue weighted by molar-refractivity contribution is 0.0878. The third kappa shape index (κ3) is 4.48. The van der Waals surface area contributed by atoms with Crippen molar-refractivity contribution in [2.75, 3.05) is 46.3 Å². The van der Waals surface area contributed by atoms with Crippen LogP contribution in [0, 0.1) is 0 Å². The van der Waals surface area contributed by atoms with Crippen LogP contribution in [0.2, 0.25) is 0 Å². The largest absolute Gasteiger partial charge is 0.345 e. The van der Waals surface area contributed by atoms with Crippen LogP contribution in [0.25, 0.3) is 22.3 Å². The van der Waals surface area contributed by atoms with E-state index in [1.165, 1.54) is 86.2 Å². The van der Waals surface area contributed by atoms with Crippen molar-refractivity contribution in [1.82, 2.24) is 30.1 Å². The molecule has 0 spiro atoms. The highest BCUT2D eigenvalue weighted by Gasteiger charge is 2.29. The minimum atomic E-state index is 0.611. The normalized spacial score (nSPS) is 26.2. The number of likely N-dealkylation sites (N-methyl/N-ethyl adjacent to an activating group) is 1. The number of piperidine rings is 1. The van der Waals surface area contributed by atoms with E-state index in [1.54, 1.807) is 0 Å². The molecule has 1 saturated carbocycles. The van der Waals surface area contributed by atoms with E-state index in [1.807, 2.05) is 11.3 Å². The zero-order valence-corrected chi connectivity index (χ0v) is 20.5. The summed E-state index contributed by atoms with van der Waals surface area (Å²) < 4.78 is 0. The van der Waals surface area contributed by atoms with Crippen molar-refractivity contribution in [3.63, 3.8) is 0 Å². The molecule has 3 aromatic heterocycles. The average Bonchev–Trinajstić information content (AvgIpc) is 3.52. The van der Waals surface area contributed by atoms with Crippen LogP contribution in [-0.2, 0) is 0 Å². The molecule has 5 heterocycles. The molecular weight excluding hydrogens is 428 g/mol. The molecule has 0 bridgehead atoms. The number of piperazine rings is 1. The molecule has 0 amide bonds. The van der Waals surface area contributed by atoms with Gasteiger partial charge in [-0.25, -0.2) is 9.97 Å². The van der Waals surface area contributed by atoms with E-state index >= 15 is 0 Å². The van der Waals surface area contributed by atoms with Crippen molar-refractivity contribution in [3.05, 3.63) is 34.4 Å². The number of pyridine rings is 1. The van der Waals surface area contributed by atoms with E-state index in [2.05, 4.69) is 51.0 Å². The van der Waals surface area contributed by atoms with Gasteiger partial charge in [0.15, 0.2) is 0 Å². The molecule has 3 aliphatic rings. The monoisotopic (exact) mass is 464 g/mol. The molecule has 6 rings (SSSR count). The summed E-state index contributed by atoms with van der Waals surface area (Å²) in [6.45, 7) is 7.12. The molecular formula is C26H36N6S. The van der Waals surface area contributed by atoms with Gasteiger partial charge in [0.2, 0.25) is 0 Å². The number of H-pyrrole nitrogens is 1. The summed E-state index contributed by atoms with van der Waals surface area (Å²) in [5.41, 5.74) is 4.71. The first kappa shape index (κ1) is 21.7. The van der Waals surface area contributed by atoms with Gasteiger partial charge < -0.3 is 15.2 Å². The molecule has 2 N–H and O–H groups in total. The van der Waals surface area contributed by atoms with Crippen LogP contribution in [0.4, 0.5) is 0 Å². The highest BCUT2D eigenvalue weighted by atomic mass is 32.1. The predicted molar refractivity (Wildman–Crippen MR) is 136 cm³/mol. The SMILES string of the molecule is CN1CCN(C2CCC(c3cnc4[nH]cc(-c5csc(C6CCNCC6)n5)c4c3)CC2)CC1. The fourth-order valence-corrected chi connectivity index (χ4v) is 7.08. The summed E-state index contributed by atoms with van der Waals surface area (Å²) in [7, 11) is 2.24. The zero-order chi connectivity index (χ0) is 22.2. The third-order valence-corrected chi connectivity index (χ3v) is 9.27. The molecule has 0 atom stereocenters. The Morgan fingerprint density at radius 2 is 1.76 bits per heavy atom. The van der Waals surface area contributed by atoms with Gasteiger partial charge in [-0.05, 0) is 76.2 Å². The average molecular weight is 465 g/mol. The number of aromatic nitrogens is 3. The molecule has 2 aliphatic heterocycles. The van der Waals surface area contributed by atoms with Gasteiger partial charge in [-0.2, -0.15) is 0 Å². The van der Waals surface area contributed by atoms with Crippen LogP contribution >= 0.6 is 11.3 Å². The zero-order valence-electron chi connectivity index (χ0n) is 19.7. The quantitative estimate of drug-likeness (QED) is 0.598. The van der Waals surface area contributed by atoms with Gasteiger partial charge in [0.25, 0.3) is 0 Å². The molecule has 0 radical (unpaired) electrons. The van der Waals surface area contributed by atoms with Crippen molar-refractivity contribution in [1.29, 1.82) is 0 Å². The lowest BCUT2D eigenvalue weighted by Gasteiger charge is -2.41. The highest BCUT2D eigenvalue weighted by molar-refractivity contribution is 7.10. The van der Waals surface area contributed by atoms with Crippen LogP contribution in [0.5, 0.6) is 0 Å². The second-order valence-corrected chi connectivity index (χ2v) is 11.2. The number of hydrogen-bond donors (Lipinski definition) is 2. The number of rotatable bonds is 4. The number of thiazole rings is 1. The van der Waals surface area contributed by atoms with E-state index < -0.39 is 0 Å². The summed E-state index contributed by atoms with van der Waals surface area (Å²) in [5.74, 6) is 1.24. The first-order chi connectivity index (χ1) is 16.2. The Hall–Kier alpha value is -1.80. The van der Waals surface area contributed by atoms with Crippen molar-refractivity contribution in [2.45, 2.75) is 56.4 Å². The first-order valence-corrected chi connectivity index (χ1v) is 13.7. The molecule has 176 valence electrons. The lowest BCUT2D eigenvalue weighted by atomic mass is 9.81. The van der Waals surface area contributed by atoms with Crippen LogP contribution in [0.1, 0.15) is 60.9 Å². The van der Waals surface area contributed by atoms with E-state index in [9.17, 15) is 0 Å². The maximum atomic E-state index is 5.07. The Labute approximate surface area is 200 Å². The van der Waals surface area contributed by atoms with E-state index in [0.29, 0.717) is 11.8 Å². The van der Waals surface area contributed by atoms with E-state index in [-0.39, 0.29) is 0 Å². The highest BCUT2D eigenvalue weighted by Crippen LogP contribution is 2.38. The van der Waals surface area contributed by atoms with E-state index in [0.717, 1.165) is 30.5 Å². The van der Waals surface area contributed by atoms with Crippen LogP contribution in [0.3, 0.4) is 0 Å². The smallest absolute Gasteiger partial charge is 0.137 e. The lowest BCUT2D eigenvalue weighted by Crippen LogP contribution is -2.49. The molecule has 3 fully saturated rings. The number of hydrogen-bond acceptors (Lipinski definition) is 6. The minimum Gasteiger partial charge on any atom is -0.345 e. The standard InChI is InChI=1S/C26H36N6S/c1-31-10-12-32(13-11-31)21-4-2-18(3-5-21)20-14-22-23(16-29-25(22)28-15-20)24-17-33-26(30-24)19-6-8-27-9-7-19/h14-19,21,27H,2-13H2,1H3,(H,28,29). The van der Waals surface area contributed by atoms with Gasteiger partial charge in [-0.15, -0.1) is 11.3 Å². The number of nitrogens with one attached hydrogen (secondary N) is 2. The Morgan fingerprint density at radius 3 is 2.55 bits per heavy atom. The van der Waals surface area contributed by atoms with Crippen molar-refractivity contribution in [2.24, 2.45) is 0 Å². The summed E-state index contributed by atoms with van der Waals surface area (Å²) >= 11 is 1.83. The maximum absolute atomic E-state index is 5.07. The molecule has 33 heavy (non-hydrogen) atoms. The predicted octanol–water partition coefficient (Wildman–Crippen LogP) is 4.43. The molecule has 0 unspecified atom stereocenters. The Balaban J connectivity index is 1.17. The Morgan fingerprint density at radius 1 is 0.970 bits per heavy atom. The van der Waals surface area contributed by atoms with E-state index in [4.69, 9.17) is 9.97 Å². The minimum absolute atomic E-state index is 0.611. The van der Waals surface area contributed by atoms with Crippen molar-refractivity contribution >= 4 is 22.4 Å². The van der Waals surface area contributed by atoms with Gasteiger partial charge >= 0.3 is 0 Å². The number of fused-ring (bicyclic) bond motifs is 1. The molecule has 1 aliphatic carbocycles. The van der Waals surface area contributed by atoms with Gasteiger partial charge in [0.1, 0.15) is 5.65 Å². The molecule has 3 aromatic rings. The van der Waals surface area contributed by atoms with Crippen LogP contribution in [0.15, 0.2) is 23.8 Å². The molecule has 7 heteroatoms.